The molecule has 0 aliphatic heterocycles. The van der Waals surface area contributed by atoms with Gasteiger partial charge in [0.25, 0.3) is 0 Å². The predicted octanol–water partition coefficient (Wildman–Crippen LogP) is 9.49. The third-order valence-electron chi connectivity index (χ3n) is 6.96. The molecule has 0 aromatic heterocycles. The van der Waals surface area contributed by atoms with E-state index >= 15 is 0 Å². The Balaban J connectivity index is 2.42. The zero-order valence-corrected chi connectivity index (χ0v) is 18.7. The van der Waals surface area contributed by atoms with E-state index in [1.807, 2.05) is 0 Å². The zero-order valence-electron chi connectivity index (χ0n) is 18.7. The number of rotatable bonds is 2. The van der Waals surface area contributed by atoms with Crippen molar-refractivity contribution in [1.82, 2.24) is 0 Å². The van der Waals surface area contributed by atoms with Crippen molar-refractivity contribution >= 4 is 0 Å². The average Bonchev–Trinajstić information content (AvgIpc) is 2.61. The quantitative estimate of drug-likeness (QED) is 0.429. The molecule has 3 atom stereocenters. The van der Waals surface area contributed by atoms with Crippen molar-refractivity contribution in [3.8, 4) is 0 Å². The van der Waals surface area contributed by atoms with Gasteiger partial charge in [-0.3, -0.25) is 0 Å². The maximum absolute atomic E-state index is 4.27. The summed E-state index contributed by atoms with van der Waals surface area (Å²) in [7, 11) is 0. The molecule has 0 aromatic rings. The highest BCUT2D eigenvalue weighted by Crippen LogP contribution is 2.32. The molecule has 1 aliphatic rings. The van der Waals surface area contributed by atoms with Gasteiger partial charge in [0.05, 0.1) is 0 Å². The first-order valence-corrected chi connectivity index (χ1v) is 12.3. The molecule has 26 heavy (non-hydrogen) atoms. The molecule has 0 N–H and O–H groups in total. The fraction of sp³-hybridized carbons (Fsp3) is 0.923. The van der Waals surface area contributed by atoms with Crippen LogP contribution in [0, 0.1) is 17.8 Å². The summed E-state index contributed by atoms with van der Waals surface area (Å²) in [5.41, 5.74) is 1.40. The van der Waals surface area contributed by atoms with Crippen molar-refractivity contribution in [2.45, 2.75) is 136 Å². The summed E-state index contributed by atoms with van der Waals surface area (Å²) in [5.74, 6) is 2.47. The maximum Gasteiger partial charge on any atom is -0.0209 e. The van der Waals surface area contributed by atoms with E-state index in [1.165, 1.54) is 121 Å². The maximum atomic E-state index is 4.27. The second-order valence-corrected chi connectivity index (χ2v) is 9.62. The van der Waals surface area contributed by atoms with E-state index in [9.17, 15) is 0 Å². The van der Waals surface area contributed by atoms with Crippen LogP contribution < -0.4 is 0 Å². The Morgan fingerprint density at radius 1 is 0.654 bits per heavy atom. The van der Waals surface area contributed by atoms with Crippen molar-refractivity contribution in [2.24, 2.45) is 17.8 Å². The van der Waals surface area contributed by atoms with Crippen LogP contribution in [0.25, 0.3) is 0 Å². The van der Waals surface area contributed by atoms with Crippen LogP contribution in [0.4, 0.5) is 0 Å². The van der Waals surface area contributed by atoms with Gasteiger partial charge >= 0.3 is 0 Å². The van der Waals surface area contributed by atoms with Gasteiger partial charge in [-0.25, -0.2) is 0 Å². The highest BCUT2D eigenvalue weighted by Gasteiger charge is 2.20. The van der Waals surface area contributed by atoms with Crippen LogP contribution in [0.5, 0.6) is 0 Å². The molecule has 0 radical (unpaired) electrons. The summed E-state index contributed by atoms with van der Waals surface area (Å²) < 4.78 is 0. The van der Waals surface area contributed by atoms with Gasteiger partial charge in [0.1, 0.15) is 0 Å². The second kappa shape index (κ2) is 15.8. The lowest BCUT2D eigenvalue weighted by Crippen LogP contribution is -2.16. The number of hydrogen-bond acceptors (Lipinski definition) is 0. The van der Waals surface area contributed by atoms with E-state index in [0.717, 1.165) is 11.8 Å². The van der Waals surface area contributed by atoms with E-state index in [-0.39, 0.29) is 0 Å². The Kier molecular flexibility index (Phi) is 14.4. The largest absolute Gasteiger partial charge is 0.0999 e. The van der Waals surface area contributed by atoms with Crippen LogP contribution in [-0.4, -0.2) is 0 Å². The molecule has 1 rings (SSSR count). The molecule has 1 aliphatic carbocycles. The normalized spacial score (nSPS) is 28.1. The fourth-order valence-corrected chi connectivity index (χ4v) is 4.81. The Hall–Kier alpha value is -0.260. The van der Waals surface area contributed by atoms with Crippen LogP contribution >= 0.6 is 0 Å². The average molecular weight is 363 g/mol. The Morgan fingerprint density at radius 2 is 1.00 bits per heavy atom. The first kappa shape index (κ1) is 23.8. The molecule has 0 saturated heterocycles. The molecule has 1 saturated carbocycles. The second-order valence-electron chi connectivity index (χ2n) is 9.62. The fourth-order valence-electron chi connectivity index (χ4n) is 4.81. The monoisotopic (exact) mass is 362 g/mol. The Bertz CT molecular complexity index is 329. The van der Waals surface area contributed by atoms with Gasteiger partial charge in [-0.15, -0.1) is 0 Å². The summed E-state index contributed by atoms with van der Waals surface area (Å²) in [4.78, 5) is 0. The van der Waals surface area contributed by atoms with Crippen LogP contribution in [0.3, 0.4) is 0 Å². The van der Waals surface area contributed by atoms with Gasteiger partial charge in [0.15, 0.2) is 0 Å². The highest BCUT2D eigenvalue weighted by atomic mass is 14.3. The lowest BCUT2D eigenvalue weighted by molar-refractivity contribution is 0.281. The van der Waals surface area contributed by atoms with Gasteiger partial charge in [-0.1, -0.05) is 129 Å². The minimum Gasteiger partial charge on any atom is -0.0999 e. The van der Waals surface area contributed by atoms with Crippen LogP contribution in [0.1, 0.15) is 136 Å². The number of allylic oxidation sites excluding steroid dienone is 1. The third-order valence-corrected chi connectivity index (χ3v) is 6.96. The molecule has 1 fully saturated rings. The molecular weight excluding hydrogens is 312 g/mol. The molecule has 0 aromatic carbocycles. The van der Waals surface area contributed by atoms with Crippen molar-refractivity contribution in [3.63, 3.8) is 0 Å². The third kappa shape index (κ3) is 12.2. The lowest BCUT2D eigenvalue weighted by atomic mass is 9.78. The van der Waals surface area contributed by atoms with Crippen molar-refractivity contribution in [1.29, 1.82) is 0 Å². The first-order chi connectivity index (χ1) is 12.6. The predicted molar refractivity (Wildman–Crippen MR) is 120 cm³/mol. The van der Waals surface area contributed by atoms with Gasteiger partial charge in [0.2, 0.25) is 0 Å². The van der Waals surface area contributed by atoms with Crippen LogP contribution in [-0.2, 0) is 0 Å². The molecular formula is C26H50. The summed E-state index contributed by atoms with van der Waals surface area (Å²) in [6.45, 7) is 11.4. The molecule has 0 spiro atoms. The highest BCUT2D eigenvalue weighted by molar-refractivity contribution is 4.97. The molecule has 0 amide bonds. The molecule has 0 nitrogen and oxygen atoms in total. The minimum atomic E-state index is 0.704. The molecule has 0 heterocycles. The summed E-state index contributed by atoms with van der Waals surface area (Å²) in [5, 5.41) is 0. The first-order valence-electron chi connectivity index (χ1n) is 12.3. The molecule has 154 valence electrons. The summed E-state index contributed by atoms with van der Waals surface area (Å²) >= 11 is 0. The standard InChI is InChI=1S/C26H50/c1-23(2)25(4)26-21-19-17-15-13-11-9-7-5-6-8-10-12-14-16-18-20-24(3)22-26/h24-26H,1,5-22H2,2-4H3. The smallest absolute Gasteiger partial charge is 0.0209 e. The Labute approximate surface area is 166 Å². The minimum absolute atomic E-state index is 0.704. The number of hydrogen-bond donors (Lipinski definition) is 0. The van der Waals surface area contributed by atoms with Crippen LogP contribution in [0.2, 0.25) is 0 Å². The van der Waals surface area contributed by atoms with E-state index in [0.29, 0.717) is 5.92 Å². The van der Waals surface area contributed by atoms with E-state index < -0.39 is 0 Å². The van der Waals surface area contributed by atoms with E-state index in [2.05, 4.69) is 27.4 Å². The van der Waals surface area contributed by atoms with E-state index in [1.54, 1.807) is 0 Å². The van der Waals surface area contributed by atoms with Gasteiger partial charge in [0, 0.05) is 0 Å². The van der Waals surface area contributed by atoms with Crippen LogP contribution in [0.15, 0.2) is 12.2 Å². The lowest BCUT2D eigenvalue weighted by Gasteiger charge is -2.27. The molecule has 3 unspecified atom stereocenters. The summed E-state index contributed by atoms with van der Waals surface area (Å²) in [6.07, 6.45) is 26.4. The molecule has 0 heteroatoms. The van der Waals surface area contributed by atoms with Gasteiger partial charge in [-0.05, 0) is 37.5 Å². The van der Waals surface area contributed by atoms with E-state index in [4.69, 9.17) is 0 Å². The van der Waals surface area contributed by atoms with Gasteiger partial charge in [-0.2, -0.15) is 0 Å². The van der Waals surface area contributed by atoms with Crippen molar-refractivity contribution < 1.29 is 0 Å². The van der Waals surface area contributed by atoms with Crippen molar-refractivity contribution in [2.75, 3.05) is 0 Å². The SMILES string of the molecule is C=C(C)C(C)C1CCCCCCCCCCCCCCCCCC(C)C1. The zero-order chi connectivity index (χ0) is 19.0. The topological polar surface area (TPSA) is 0 Å². The van der Waals surface area contributed by atoms with Crippen molar-refractivity contribution in [3.05, 3.63) is 12.2 Å². The molecule has 0 bridgehead atoms. The van der Waals surface area contributed by atoms with Gasteiger partial charge < -0.3 is 0 Å². The Morgan fingerprint density at radius 3 is 1.38 bits per heavy atom. The summed E-state index contributed by atoms with van der Waals surface area (Å²) in [6, 6.07) is 0.